The van der Waals surface area contributed by atoms with Crippen molar-refractivity contribution in [2.75, 3.05) is 18.9 Å². The first-order valence-electron chi connectivity index (χ1n) is 5.69. The molecule has 2 N–H and O–H groups in total. The quantitative estimate of drug-likeness (QED) is 0.832. The first-order chi connectivity index (χ1) is 8.24. The lowest BCUT2D eigenvalue weighted by Crippen LogP contribution is -2.39. The van der Waals surface area contributed by atoms with Crippen LogP contribution in [0.3, 0.4) is 0 Å². The van der Waals surface area contributed by atoms with Crippen LogP contribution in [0.1, 0.15) is 31.1 Å². The zero-order valence-corrected chi connectivity index (χ0v) is 12.5. The van der Waals surface area contributed by atoms with E-state index in [9.17, 15) is 4.79 Å². The van der Waals surface area contributed by atoms with E-state index in [1.807, 2.05) is 20.8 Å². The third-order valence-corrected chi connectivity index (χ3v) is 2.99. The normalized spacial score (nSPS) is 11.4. The van der Waals surface area contributed by atoms with Crippen LogP contribution in [0.5, 0.6) is 0 Å². The van der Waals surface area contributed by atoms with Crippen LogP contribution in [-0.2, 0) is 0 Å². The molecule has 0 amide bonds. The highest BCUT2D eigenvalue weighted by atomic mass is 35.5. The van der Waals surface area contributed by atoms with Gasteiger partial charge in [0, 0.05) is 18.2 Å². The Bertz CT molecular complexity index is 430. The van der Waals surface area contributed by atoms with Crippen LogP contribution in [0.15, 0.2) is 12.1 Å². The Balaban J connectivity index is 2.88. The SMILES string of the molecule is CNc1c(Cl)cc(C(=O)CNC(C)(C)C)cc1Cl. The molecule has 1 aromatic carbocycles. The summed E-state index contributed by atoms with van der Waals surface area (Å²) in [6, 6.07) is 3.26. The van der Waals surface area contributed by atoms with E-state index in [1.54, 1.807) is 19.2 Å². The summed E-state index contributed by atoms with van der Waals surface area (Å²) in [5.41, 5.74) is 1.05. The van der Waals surface area contributed by atoms with Crippen LogP contribution < -0.4 is 10.6 Å². The first-order valence-corrected chi connectivity index (χ1v) is 6.45. The fourth-order valence-electron chi connectivity index (χ4n) is 1.42. The van der Waals surface area contributed by atoms with Gasteiger partial charge in [0.25, 0.3) is 0 Å². The second-order valence-corrected chi connectivity index (χ2v) is 5.91. The molecule has 1 rings (SSSR count). The zero-order chi connectivity index (χ0) is 13.9. The maximum atomic E-state index is 12.0. The average molecular weight is 289 g/mol. The second kappa shape index (κ2) is 5.91. The lowest BCUT2D eigenvalue weighted by atomic mass is 10.1. The minimum atomic E-state index is -0.103. The summed E-state index contributed by atoms with van der Waals surface area (Å²) < 4.78 is 0. The van der Waals surface area contributed by atoms with Crippen molar-refractivity contribution >= 4 is 34.7 Å². The summed E-state index contributed by atoms with van der Waals surface area (Å²) in [5, 5.41) is 6.93. The molecule has 0 aliphatic heterocycles. The van der Waals surface area contributed by atoms with E-state index in [1.165, 1.54) is 0 Å². The van der Waals surface area contributed by atoms with E-state index in [0.29, 0.717) is 21.3 Å². The van der Waals surface area contributed by atoms with Crippen LogP contribution >= 0.6 is 23.2 Å². The molecule has 0 atom stereocenters. The number of Topliss-reactive ketones (excluding diaryl/α,β-unsaturated/α-hetero) is 1. The molecule has 100 valence electrons. The average Bonchev–Trinajstić information content (AvgIpc) is 2.24. The van der Waals surface area contributed by atoms with Gasteiger partial charge in [-0.2, -0.15) is 0 Å². The molecule has 0 heterocycles. The number of halogens is 2. The van der Waals surface area contributed by atoms with Gasteiger partial charge in [-0.3, -0.25) is 4.79 Å². The summed E-state index contributed by atoms with van der Waals surface area (Å²) in [6.45, 7) is 6.27. The third kappa shape index (κ3) is 4.16. The van der Waals surface area contributed by atoms with Crippen LogP contribution in [0, 0.1) is 0 Å². The standard InChI is InChI=1S/C13H18Cl2N2O/c1-13(2,3)17-7-11(18)8-5-9(14)12(16-4)10(15)6-8/h5-6,16-17H,7H2,1-4H3. The lowest BCUT2D eigenvalue weighted by molar-refractivity contribution is 0.0982. The van der Waals surface area contributed by atoms with Crippen LogP contribution in [0.4, 0.5) is 5.69 Å². The molecule has 0 aliphatic carbocycles. The van der Waals surface area contributed by atoms with Gasteiger partial charge in [0.2, 0.25) is 0 Å². The van der Waals surface area contributed by atoms with Crippen LogP contribution in [0.2, 0.25) is 10.0 Å². The van der Waals surface area contributed by atoms with Gasteiger partial charge in [-0.25, -0.2) is 0 Å². The highest BCUT2D eigenvalue weighted by molar-refractivity contribution is 6.39. The van der Waals surface area contributed by atoms with Crippen molar-refractivity contribution in [3.63, 3.8) is 0 Å². The number of rotatable bonds is 4. The summed E-state index contributed by atoms with van der Waals surface area (Å²) in [7, 11) is 1.73. The first kappa shape index (κ1) is 15.3. The number of anilines is 1. The Hall–Kier alpha value is -0.770. The van der Waals surface area contributed by atoms with Gasteiger partial charge in [0.1, 0.15) is 0 Å². The Morgan fingerprint density at radius 1 is 1.22 bits per heavy atom. The molecule has 0 bridgehead atoms. The van der Waals surface area contributed by atoms with Gasteiger partial charge in [-0.15, -0.1) is 0 Å². The lowest BCUT2D eigenvalue weighted by Gasteiger charge is -2.20. The van der Waals surface area contributed by atoms with Gasteiger partial charge in [0.15, 0.2) is 5.78 Å². The fraction of sp³-hybridized carbons (Fsp3) is 0.462. The zero-order valence-electron chi connectivity index (χ0n) is 11.0. The van der Waals surface area contributed by atoms with E-state index >= 15 is 0 Å². The Morgan fingerprint density at radius 3 is 2.11 bits per heavy atom. The summed E-state index contributed by atoms with van der Waals surface area (Å²) in [6.07, 6.45) is 0. The molecule has 18 heavy (non-hydrogen) atoms. The number of nitrogens with one attached hydrogen (secondary N) is 2. The van der Waals surface area contributed by atoms with E-state index in [-0.39, 0.29) is 17.9 Å². The van der Waals surface area contributed by atoms with Crippen molar-refractivity contribution in [1.29, 1.82) is 0 Å². The monoisotopic (exact) mass is 288 g/mol. The van der Waals surface area contributed by atoms with Crippen molar-refractivity contribution in [3.8, 4) is 0 Å². The molecule has 0 fully saturated rings. The number of carbonyl (C=O) groups is 1. The molecule has 0 radical (unpaired) electrons. The molecule has 0 aromatic heterocycles. The van der Waals surface area contributed by atoms with E-state index in [4.69, 9.17) is 23.2 Å². The summed E-state index contributed by atoms with van der Waals surface area (Å²) in [5.74, 6) is -0.0311. The molecule has 0 unspecified atom stereocenters. The van der Waals surface area contributed by atoms with Crippen molar-refractivity contribution in [2.24, 2.45) is 0 Å². The predicted octanol–water partition coefficient (Wildman–Crippen LogP) is 3.61. The molecule has 5 heteroatoms. The van der Waals surface area contributed by atoms with E-state index in [0.717, 1.165) is 0 Å². The minimum absolute atomic E-state index is 0.0311. The van der Waals surface area contributed by atoms with Gasteiger partial charge in [-0.1, -0.05) is 23.2 Å². The number of hydrogen-bond donors (Lipinski definition) is 2. The number of benzene rings is 1. The summed E-state index contributed by atoms with van der Waals surface area (Å²) in [4.78, 5) is 12.0. The second-order valence-electron chi connectivity index (χ2n) is 5.09. The predicted molar refractivity (Wildman–Crippen MR) is 78.1 cm³/mol. The Morgan fingerprint density at radius 2 is 1.72 bits per heavy atom. The number of ketones is 1. The molecular formula is C13H18Cl2N2O. The van der Waals surface area contributed by atoms with Crippen molar-refractivity contribution in [2.45, 2.75) is 26.3 Å². The minimum Gasteiger partial charge on any atom is -0.386 e. The molecule has 0 spiro atoms. The van der Waals surface area contributed by atoms with E-state index < -0.39 is 0 Å². The number of hydrogen-bond acceptors (Lipinski definition) is 3. The molecule has 0 aliphatic rings. The Labute approximate surface area is 118 Å². The van der Waals surface area contributed by atoms with Crippen molar-refractivity contribution < 1.29 is 4.79 Å². The highest BCUT2D eigenvalue weighted by Crippen LogP contribution is 2.31. The van der Waals surface area contributed by atoms with Gasteiger partial charge in [-0.05, 0) is 32.9 Å². The van der Waals surface area contributed by atoms with Crippen LogP contribution in [-0.4, -0.2) is 24.9 Å². The van der Waals surface area contributed by atoms with Gasteiger partial charge in [0.05, 0.1) is 22.3 Å². The number of carbonyl (C=O) groups excluding carboxylic acids is 1. The van der Waals surface area contributed by atoms with Gasteiger partial charge < -0.3 is 10.6 Å². The molecular weight excluding hydrogens is 271 g/mol. The smallest absolute Gasteiger partial charge is 0.176 e. The maximum Gasteiger partial charge on any atom is 0.176 e. The fourth-order valence-corrected chi connectivity index (χ4v) is 2.10. The van der Waals surface area contributed by atoms with Gasteiger partial charge >= 0.3 is 0 Å². The summed E-state index contributed by atoms with van der Waals surface area (Å²) >= 11 is 12.1. The molecule has 0 saturated carbocycles. The van der Waals surface area contributed by atoms with Crippen molar-refractivity contribution in [3.05, 3.63) is 27.7 Å². The molecule has 1 aromatic rings. The highest BCUT2D eigenvalue weighted by Gasteiger charge is 2.15. The third-order valence-electron chi connectivity index (χ3n) is 2.39. The van der Waals surface area contributed by atoms with Crippen LogP contribution in [0.25, 0.3) is 0 Å². The topological polar surface area (TPSA) is 41.1 Å². The molecule has 3 nitrogen and oxygen atoms in total. The van der Waals surface area contributed by atoms with Crippen molar-refractivity contribution in [1.82, 2.24) is 5.32 Å². The molecule has 0 saturated heterocycles. The van der Waals surface area contributed by atoms with E-state index in [2.05, 4.69) is 10.6 Å². The largest absolute Gasteiger partial charge is 0.386 e. The maximum absolute atomic E-state index is 12.0. The Kier molecular flexibility index (Phi) is 5.02.